The molecule has 0 fully saturated rings. The molecule has 2 aromatic carbocycles. The second-order valence-corrected chi connectivity index (χ2v) is 6.15. The monoisotopic (exact) mass is 342 g/mol. The summed E-state index contributed by atoms with van der Waals surface area (Å²) >= 11 is 6.04. The molecule has 1 amide bonds. The van der Waals surface area contributed by atoms with Crippen LogP contribution in [0, 0.1) is 0 Å². The highest BCUT2D eigenvalue weighted by atomic mass is 35.5. The maximum Gasteiger partial charge on any atom is 0.220 e. The lowest BCUT2D eigenvalue weighted by Gasteiger charge is -2.13. The number of aromatic nitrogens is 1. The molecular formula is C19H19ClN2O2. The Morgan fingerprint density at radius 3 is 2.88 bits per heavy atom. The summed E-state index contributed by atoms with van der Waals surface area (Å²) in [6.07, 6.45) is 2.14. The number of carbonyl (C=O) groups is 1. The van der Waals surface area contributed by atoms with Gasteiger partial charge in [0.05, 0.1) is 6.10 Å². The van der Waals surface area contributed by atoms with E-state index in [0.717, 1.165) is 16.5 Å². The van der Waals surface area contributed by atoms with Gasteiger partial charge in [0.15, 0.2) is 0 Å². The van der Waals surface area contributed by atoms with Crippen molar-refractivity contribution in [2.45, 2.75) is 18.9 Å². The first-order valence-corrected chi connectivity index (χ1v) is 8.26. The predicted molar refractivity (Wildman–Crippen MR) is 96.0 cm³/mol. The van der Waals surface area contributed by atoms with E-state index < -0.39 is 6.10 Å². The first-order valence-electron chi connectivity index (χ1n) is 7.88. The Kier molecular flexibility index (Phi) is 5.18. The van der Waals surface area contributed by atoms with Crippen LogP contribution >= 0.6 is 11.6 Å². The molecule has 24 heavy (non-hydrogen) atoms. The Bertz CT molecular complexity index is 844. The lowest BCUT2D eigenvalue weighted by Crippen LogP contribution is -2.28. The van der Waals surface area contributed by atoms with Crippen LogP contribution in [0.4, 0.5) is 0 Å². The van der Waals surface area contributed by atoms with Crippen molar-refractivity contribution in [3.63, 3.8) is 0 Å². The molecule has 1 unspecified atom stereocenters. The summed E-state index contributed by atoms with van der Waals surface area (Å²) in [6, 6.07) is 15.2. The van der Waals surface area contributed by atoms with Crippen molar-refractivity contribution in [1.29, 1.82) is 0 Å². The standard InChI is InChI=1S/C19H19ClN2O2/c20-16-4-2-1-3-15(16)18(23)12-22-19(24)8-6-13-5-7-17-14(11-13)9-10-21-17/h1-5,7,9-11,18,21,23H,6,8,12H2,(H,22,24). The van der Waals surface area contributed by atoms with Gasteiger partial charge in [-0.25, -0.2) is 0 Å². The van der Waals surface area contributed by atoms with Crippen LogP contribution in [0.3, 0.4) is 0 Å². The number of carbonyl (C=O) groups excluding carboxylic acids is 1. The number of aryl methyl sites for hydroxylation is 1. The Balaban J connectivity index is 1.49. The van der Waals surface area contributed by atoms with Crippen molar-refractivity contribution in [2.75, 3.05) is 6.54 Å². The van der Waals surface area contributed by atoms with Crippen LogP contribution in [0.5, 0.6) is 0 Å². The van der Waals surface area contributed by atoms with E-state index in [9.17, 15) is 9.90 Å². The molecular weight excluding hydrogens is 324 g/mol. The summed E-state index contributed by atoms with van der Waals surface area (Å²) in [5.74, 6) is -0.0877. The molecule has 0 saturated carbocycles. The van der Waals surface area contributed by atoms with Gasteiger partial charge in [-0.3, -0.25) is 4.79 Å². The first kappa shape index (κ1) is 16.6. The maximum absolute atomic E-state index is 12.0. The number of benzene rings is 2. The van der Waals surface area contributed by atoms with E-state index in [2.05, 4.69) is 16.4 Å². The summed E-state index contributed by atoms with van der Waals surface area (Å²) in [4.78, 5) is 15.1. The Morgan fingerprint density at radius 1 is 1.21 bits per heavy atom. The molecule has 0 aliphatic rings. The zero-order chi connectivity index (χ0) is 16.9. The molecule has 0 aliphatic heterocycles. The molecule has 124 valence electrons. The van der Waals surface area contributed by atoms with E-state index in [1.165, 1.54) is 0 Å². The maximum atomic E-state index is 12.0. The van der Waals surface area contributed by atoms with Crippen molar-refractivity contribution >= 4 is 28.4 Å². The van der Waals surface area contributed by atoms with Crippen LogP contribution in [0.15, 0.2) is 54.7 Å². The van der Waals surface area contributed by atoms with E-state index in [-0.39, 0.29) is 12.5 Å². The number of fused-ring (bicyclic) bond motifs is 1. The lowest BCUT2D eigenvalue weighted by molar-refractivity contribution is -0.121. The topological polar surface area (TPSA) is 65.1 Å². The average molecular weight is 343 g/mol. The third kappa shape index (κ3) is 3.96. The SMILES string of the molecule is O=C(CCc1ccc2[nH]ccc2c1)NCC(O)c1ccccc1Cl. The fourth-order valence-electron chi connectivity index (χ4n) is 2.67. The molecule has 1 aromatic heterocycles. The third-order valence-corrected chi connectivity index (χ3v) is 4.36. The van der Waals surface area contributed by atoms with Gasteiger partial charge in [0.1, 0.15) is 0 Å². The molecule has 0 radical (unpaired) electrons. The van der Waals surface area contributed by atoms with Crippen LogP contribution in [-0.2, 0) is 11.2 Å². The number of aliphatic hydroxyl groups is 1. The number of aliphatic hydroxyl groups excluding tert-OH is 1. The minimum absolute atomic E-state index is 0.0877. The molecule has 0 bridgehead atoms. The van der Waals surface area contributed by atoms with E-state index in [1.807, 2.05) is 30.5 Å². The number of hydrogen-bond acceptors (Lipinski definition) is 2. The van der Waals surface area contributed by atoms with Crippen molar-refractivity contribution < 1.29 is 9.90 Å². The molecule has 4 nitrogen and oxygen atoms in total. The molecule has 3 N–H and O–H groups in total. The molecule has 0 aliphatic carbocycles. The molecule has 0 spiro atoms. The molecule has 0 saturated heterocycles. The summed E-state index contributed by atoms with van der Waals surface area (Å²) < 4.78 is 0. The van der Waals surface area contributed by atoms with Crippen molar-refractivity contribution in [1.82, 2.24) is 10.3 Å². The van der Waals surface area contributed by atoms with Crippen molar-refractivity contribution in [3.05, 3.63) is 70.9 Å². The number of halogens is 1. The van der Waals surface area contributed by atoms with Crippen LogP contribution in [0.1, 0.15) is 23.7 Å². The second kappa shape index (κ2) is 7.51. The largest absolute Gasteiger partial charge is 0.387 e. The number of aromatic amines is 1. The van der Waals surface area contributed by atoms with Gasteiger partial charge in [0.2, 0.25) is 5.91 Å². The summed E-state index contributed by atoms with van der Waals surface area (Å²) in [5.41, 5.74) is 2.83. The molecule has 1 atom stereocenters. The minimum atomic E-state index is -0.807. The highest BCUT2D eigenvalue weighted by Crippen LogP contribution is 2.22. The van der Waals surface area contributed by atoms with E-state index in [0.29, 0.717) is 23.4 Å². The molecule has 5 heteroatoms. The highest BCUT2D eigenvalue weighted by Gasteiger charge is 2.12. The normalized spacial score (nSPS) is 12.2. The number of H-pyrrole nitrogens is 1. The van der Waals surface area contributed by atoms with E-state index in [1.54, 1.807) is 18.2 Å². The van der Waals surface area contributed by atoms with E-state index in [4.69, 9.17) is 11.6 Å². The second-order valence-electron chi connectivity index (χ2n) is 5.74. The average Bonchev–Trinajstić information content (AvgIpc) is 3.06. The van der Waals surface area contributed by atoms with Gasteiger partial charge < -0.3 is 15.4 Å². The minimum Gasteiger partial charge on any atom is -0.387 e. The Hall–Kier alpha value is -2.30. The van der Waals surface area contributed by atoms with Crippen LogP contribution in [0.25, 0.3) is 10.9 Å². The van der Waals surface area contributed by atoms with Gasteiger partial charge in [-0.05, 0) is 41.6 Å². The quantitative estimate of drug-likeness (QED) is 0.640. The number of hydrogen-bond donors (Lipinski definition) is 3. The predicted octanol–water partition coefficient (Wildman–Crippen LogP) is 3.60. The zero-order valence-electron chi connectivity index (χ0n) is 13.1. The molecule has 1 heterocycles. The van der Waals surface area contributed by atoms with Crippen LogP contribution in [0.2, 0.25) is 5.02 Å². The summed E-state index contributed by atoms with van der Waals surface area (Å²) in [6.45, 7) is 0.152. The lowest BCUT2D eigenvalue weighted by atomic mass is 10.1. The van der Waals surface area contributed by atoms with Crippen molar-refractivity contribution in [3.8, 4) is 0 Å². The number of nitrogens with one attached hydrogen (secondary N) is 2. The number of amides is 1. The van der Waals surface area contributed by atoms with Gasteiger partial charge in [-0.2, -0.15) is 0 Å². The van der Waals surface area contributed by atoms with Gasteiger partial charge in [-0.15, -0.1) is 0 Å². The highest BCUT2D eigenvalue weighted by molar-refractivity contribution is 6.31. The van der Waals surface area contributed by atoms with Gasteiger partial charge in [0.25, 0.3) is 0 Å². The number of rotatable bonds is 6. The zero-order valence-corrected chi connectivity index (χ0v) is 13.9. The van der Waals surface area contributed by atoms with Gasteiger partial charge >= 0.3 is 0 Å². The Morgan fingerprint density at radius 2 is 2.04 bits per heavy atom. The van der Waals surface area contributed by atoms with Gasteiger partial charge in [0, 0.05) is 35.3 Å². The smallest absolute Gasteiger partial charge is 0.220 e. The molecule has 3 aromatic rings. The van der Waals surface area contributed by atoms with Gasteiger partial charge in [-0.1, -0.05) is 35.9 Å². The molecule has 3 rings (SSSR count). The van der Waals surface area contributed by atoms with E-state index >= 15 is 0 Å². The third-order valence-electron chi connectivity index (χ3n) is 4.02. The Labute approximate surface area is 145 Å². The first-order chi connectivity index (χ1) is 11.6. The fourth-order valence-corrected chi connectivity index (χ4v) is 2.93. The summed E-state index contributed by atoms with van der Waals surface area (Å²) in [7, 11) is 0. The summed E-state index contributed by atoms with van der Waals surface area (Å²) in [5, 5.41) is 14.5. The van der Waals surface area contributed by atoms with Crippen LogP contribution < -0.4 is 5.32 Å². The van der Waals surface area contributed by atoms with Crippen molar-refractivity contribution in [2.24, 2.45) is 0 Å². The fraction of sp³-hybridized carbons (Fsp3) is 0.211. The van der Waals surface area contributed by atoms with Crippen LogP contribution in [-0.4, -0.2) is 22.5 Å².